The number of thiazole rings is 1. The molecule has 0 bridgehead atoms. The SMILES string of the molecule is CCCOc1ccc(NCc2nc(C)cs2)cc1. The van der Waals surface area contributed by atoms with Gasteiger partial charge in [-0.05, 0) is 37.6 Å². The molecule has 0 saturated heterocycles. The quantitative estimate of drug-likeness (QED) is 0.858. The molecule has 0 fully saturated rings. The number of nitrogens with one attached hydrogen (secondary N) is 1. The number of nitrogens with zero attached hydrogens (tertiary/aromatic N) is 1. The van der Waals surface area contributed by atoms with Gasteiger partial charge in [0.25, 0.3) is 0 Å². The second-order valence-electron chi connectivity index (χ2n) is 4.11. The summed E-state index contributed by atoms with van der Waals surface area (Å²) in [5.41, 5.74) is 2.17. The number of hydrogen-bond donors (Lipinski definition) is 1. The van der Waals surface area contributed by atoms with Crippen LogP contribution in [0.4, 0.5) is 5.69 Å². The lowest BCUT2D eigenvalue weighted by molar-refractivity contribution is 0.317. The van der Waals surface area contributed by atoms with Crippen molar-refractivity contribution in [2.75, 3.05) is 11.9 Å². The summed E-state index contributed by atoms with van der Waals surface area (Å²) in [5.74, 6) is 0.924. The molecule has 18 heavy (non-hydrogen) atoms. The minimum Gasteiger partial charge on any atom is -0.494 e. The summed E-state index contributed by atoms with van der Waals surface area (Å²) in [4.78, 5) is 4.42. The fourth-order valence-corrected chi connectivity index (χ4v) is 2.26. The average Bonchev–Trinajstić information content (AvgIpc) is 2.81. The van der Waals surface area contributed by atoms with E-state index in [0.717, 1.165) is 41.7 Å². The number of aryl methyl sites for hydroxylation is 1. The van der Waals surface area contributed by atoms with Gasteiger partial charge in [0.05, 0.1) is 13.2 Å². The Morgan fingerprint density at radius 1 is 1.28 bits per heavy atom. The third-order valence-corrected chi connectivity index (χ3v) is 3.40. The normalized spacial score (nSPS) is 10.3. The van der Waals surface area contributed by atoms with E-state index in [2.05, 4.69) is 22.6 Å². The van der Waals surface area contributed by atoms with Crippen LogP contribution in [0.25, 0.3) is 0 Å². The molecule has 0 radical (unpaired) electrons. The molecule has 0 spiro atoms. The van der Waals surface area contributed by atoms with Gasteiger partial charge >= 0.3 is 0 Å². The molecule has 0 aliphatic heterocycles. The van der Waals surface area contributed by atoms with Crippen LogP contribution in [0.3, 0.4) is 0 Å². The van der Waals surface area contributed by atoms with Crippen molar-refractivity contribution >= 4 is 17.0 Å². The molecule has 0 amide bonds. The van der Waals surface area contributed by atoms with Gasteiger partial charge in [0.2, 0.25) is 0 Å². The molecule has 4 heteroatoms. The number of ether oxygens (including phenoxy) is 1. The highest BCUT2D eigenvalue weighted by Gasteiger charge is 1.99. The maximum Gasteiger partial charge on any atom is 0.119 e. The molecule has 1 N–H and O–H groups in total. The average molecular weight is 262 g/mol. The molecule has 0 aliphatic carbocycles. The number of aromatic nitrogens is 1. The summed E-state index contributed by atoms with van der Waals surface area (Å²) in [6.45, 7) is 5.66. The van der Waals surface area contributed by atoms with Crippen LogP contribution in [0.5, 0.6) is 5.75 Å². The predicted molar refractivity (Wildman–Crippen MR) is 76.4 cm³/mol. The molecular weight excluding hydrogens is 244 g/mol. The van der Waals surface area contributed by atoms with E-state index in [1.807, 2.05) is 31.2 Å². The molecule has 0 unspecified atom stereocenters. The molecule has 96 valence electrons. The maximum atomic E-state index is 5.54. The van der Waals surface area contributed by atoms with Crippen LogP contribution in [0.1, 0.15) is 24.0 Å². The first-order valence-electron chi connectivity index (χ1n) is 6.15. The van der Waals surface area contributed by atoms with Gasteiger partial charge in [-0.1, -0.05) is 6.92 Å². The van der Waals surface area contributed by atoms with E-state index in [9.17, 15) is 0 Å². The Morgan fingerprint density at radius 3 is 2.67 bits per heavy atom. The van der Waals surface area contributed by atoms with Crippen molar-refractivity contribution in [3.8, 4) is 5.75 Å². The lowest BCUT2D eigenvalue weighted by Crippen LogP contribution is -1.99. The molecular formula is C14H18N2OS. The van der Waals surface area contributed by atoms with Crippen LogP contribution < -0.4 is 10.1 Å². The third kappa shape index (κ3) is 3.74. The van der Waals surface area contributed by atoms with Crippen molar-refractivity contribution in [1.82, 2.24) is 4.98 Å². The molecule has 3 nitrogen and oxygen atoms in total. The zero-order valence-electron chi connectivity index (χ0n) is 10.8. The zero-order chi connectivity index (χ0) is 12.8. The Labute approximate surface area is 112 Å². The van der Waals surface area contributed by atoms with Crippen molar-refractivity contribution in [3.05, 3.63) is 40.3 Å². The summed E-state index contributed by atoms with van der Waals surface area (Å²) in [6.07, 6.45) is 1.03. The number of anilines is 1. The largest absolute Gasteiger partial charge is 0.494 e. The maximum absolute atomic E-state index is 5.54. The van der Waals surface area contributed by atoms with E-state index < -0.39 is 0 Å². The van der Waals surface area contributed by atoms with Crippen molar-refractivity contribution < 1.29 is 4.74 Å². The highest BCUT2D eigenvalue weighted by atomic mass is 32.1. The van der Waals surface area contributed by atoms with E-state index in [0.29, 0.717) is 0 Å². The van der Waals surface area contributed by atoms with Crippen LogP contribution in [-0.4, -0.2) is 11.6 Å². The lowest BCUT2D eigenvalue weighted by Gasteiger charge is -2.07. The highest BCUT2D eigenvalue weighted by molar-refractivity contribution is 7.09. The molecule has 1 heterocycles. The van der Waals surface area contributed by atoms with Crippen molar-refractivity contribution in [2.24, 2.45) is 0 Å². The van der Waals surface area contributed by atoms with Gasteiger partial charge < -0.3 is 10.1 Å². The number of benzene rings is 1. The first-order valence-corrected chi connectivity index (χ1v) is 7.03. The van der Waals surface area contributed by atoms with E-state index >= 15 is 0 Å². The molecule has 0 atom stereocenters. The molecule has 2 rings (SSSR count). The minimum atomic E-state index is 0.769. The monoisotopic (exact) mass is 262 g/mol. The summed E-state index contributed by atoms with van der Waals surface area (Å²) in [6, 6.07) is 8.05. The first-order chi connectivity index (χ1) is 8.78. The summed E-state index contributed by atoms with van der Waals surface area (Å²) in [7, 11) is 0. The van der Waals surface area contributed by atoms with E-state index in [-0.39, 0.29) is 0 Å². The van der Waals surface area contributed by atoms with Gasteiger partial charge in [0.1, 0.15) is 10.8 Å². The summed E-state index contributed by atoms with van der Waals surface area (Å²) in [5, 5.41) is 6.53. The summed E-state index contributed by atoms with van der Waals surface area (Å²) >= 11 is 1.68. The van der Waals surface area contributed by atoms with Crippen molar-refractivity contribution in [3.63, 3.8) is 0 Å². The van der Waals surface area contributed by atoms with E-state index in [1.54, 1.807) is 11.3 Å². The number of rotatable bonds is 6. The second-order valence-corrected chi connectivity index (χ2v) is 5.05. The Balaban J connectivity index is 1.86. The predicted octanol–water partition coefficient (Wildman–Crippen LogP) is 3.85. The Kier molecular flexibility index (Phi) is 4.59. The van der Waals surface area contributed by atoms with E-state index in [1.165, 1.54) is 0 Å². The van der Waals surface area contributed by atoms with Gasteiger partial charge in [-0.2, -0.15) is 0 Å². The highest BCUT2D eigenvalue weighted by Crippen LogP contribution is 2.17. The minimum absolute atomic E-state index is 0.769. The zero-order valence-corrected chi connectivity index (χ0v) is 11.6. The van der Waals surface area contributed by atoms with Crippen LogP contribution in [0.2, 0.25) is 0 Å². The topological polar surface area (TPSA) is 34.1 Å². The van der Waals surface area contributed by atoms with Gasteiger partial charge in [-0.15, -0.1) is 11.3 Å². The van der Waals surface area contributed by atoms with E-state index in [4.69, 9.17) is 4.74 Å². The van der Waals surface area contributed by atoms with Crippen molar-refractivity contribution in [2.45, 2.75) is 26.8 Å². The first kappa shape index (κ1) is 12.9. The van der Waals surface area contributed by atoms with Crippen molar-refractivity contribution in [1.29, 1.82) is 0 Å². The van der Waals surface area contributed by atoms with Gasteiger partial charge in [0, 0.05) is 16.8 Å². The van der Waals surface area contributed by atoms with Crippen LogP contribution in [0, 0.1) is 6.92 Å². The Bertz CT molecular complexity index is 479. The Morgan fingerprint density at radius 2 is 2.06 bits per heavy atom. The third-order valence-electron chi connectivity index (χ3n) is 2.44. The second kappa shape index (κ2) is 6.40. The number of hydrogen-bond acceptors (Lipinski definition) is 4. The van der Waals surface area contributed by atoms with Crippen LogP contribution >= 0.6 is 11.3 Å². The summed E-state index contributed by atoms with van der Waals surface area (Å²) < 4.78 is 5.54. The molecule has 0 aliphatic rings. The molecule has 2 aromatic rings. The molecule has 0 saturated carbocycles. The smallest absolute Gasteiger partial charge is 0.119 e. The Hall–Kier alpha value is -1.55. The van der Waals surface area contributed by atoms with Gasteiger partial charge in [-0.3, -0.25) is 0 Å². The lowest BCUT2D eigenvalue weighted by atomic mass is 10.3. The fraction of sp³-hybridized carbons (Fsp3) is 0.357. The van der Waals surface area contributed by atoms with Gasteiger partial charge in [-0.25, -0.2) is 4.98 Å². The fourth-order valence-electron chi connectivity index (χ4n) is 1.55. The van der Waals surface area contributed by atoms with Gasteiger partial charge in [0.15, 0.2) is 0 Å². The standard InChI is InChI=1S/C14H18N2OS/c1-3-8-17-13-6-4-12(5-7-13)15-9-14-16-11(2)10-18-14/h4-7,10,15H,3,8-9H2,1-2H3. The van der Waals surface area contributed by atoms with Crippen LogP contribution in [0.15, 0.2) is 29.6 Å². The molecule has 1 aromatic carbocycles. The molecule has 1 aromatic heterocycles. The van der Waals surface area contributed by atoms with Crippen LogP contribution in [-0.2, 0) is 6.54 Å².